The fraction of sp³-hybridized carbons (Fsp3) is 0.381. The Kier molecular flexibility index (Phi) is 4.90. The van der Waals surface area contributed by atoms with Gasteiger partial charge in [0.05, 0.1) is 17.7 Å². The van der Waals surface area contributed by atoms with Crippen LogP contribution in [0.25, 0.3) is 5.76 Å². The van der Waals surface area contributed by atoms with Gasteiger partial charge in [-0.2, -0.15) is 0 Å². The number of fused-ring (bicyclic) bond motifs is 3. The first-order valence-corrected chi connectivity index (χ1v) is 10.1. The highest BCUT2D eigenvalue weighted by atomic mass is 35.5. The van der Waals surface area contributed by atoms with Crippen LogP contribution in [-0.4, -0.2) is 73.6 Å². The van der Waals surface area contributed by atoms with Crippen LogP contribution >= 0.6 is 11.6 Å². The van der Waals surface area contributed by atoms with E-state index in [1.54, 1.807) is 0 Å². The van der Waals surface area contributed by atoms with E-state index in [4.69, 9.17) is 17.3 Å². The molecule has 1 unspecified atom stereocenters. The Labute approximate surface area is 186 Å². The van der Waals surface area contributed by atoms with Crippen LogP contribution in [0.3, 0.4) is 0 Å². The monoisotopic (exact) mass is 464 g/mol. The summed E-state index contributed by atoms with van der Waals surface area (Å²) < 4.78 is 0. The zero-order chi connectivity index (χ0) is 23.9. The zero-order valence-corrected chi connectivity index (χ0v) is 17.8. The van der Waals surface area contributed by atoms with E-state index in [2.05, 4.69) is 0 Å². The third-order valence-electron chi connectivity index (χ3n) is 6.64. The number of halogens is 1. The Morgan fingerprint density at radius 2 is 1.84 bits per heavy atom. The molecule has 5 atom stereocenters. The topological polar surface area (TPSA) is 182 Å². The summed E-state index contributed by atoms with van der Waals surface area (Å²) in [5.41, 5.74) is 0.845. The van der Waals surface area contributed by atoms with Crippen molar-refractivity contribution in [2.45, 2.75) is 24.2 Å². The molecule has 1 aromatic carbocycles. The summed E-state index contributed by atoms with van der Waals surface area (Å²) in [5, 5.41) is 54.4. The van der Waals surface area contributed by atoms with Crippen LogP contribution in [0.1, 0.15) is 23.7 Å². The molecule has 1 amide bonds. The summed E-state index contributed by atoms with van der Waals surface area (Å²) in [7, 11) is 2.97. The van der Waals surface area contributed by atoms with Crippen molar-refractivity contribution in [2.24, 2.45) is 17.6 Å². The maximum absolute atomic E-state index is 13.6. The molecule has 0 aromatic heterocycles. The van der Waals surface area contributed by atoms with E-state index in [9.17, 15) is 39.9 Å². The first kappa shape index (κ1) is 22.3. The van der Waals surface area contributed by atoms with Gasteiger partial charge in [-0.15, -0.1) is 0 Å². The van der Waals surface area contributed by atoms with Crippen molar-refractivity contribution in [1.82, 2.24) is 4.90 Å². The lowest BCUT2D eigenvalue weighted by atomic mass is 9.57. The molecule has 170 valence electrons. The number of primary amides is 1. The number of aromatic hydroxyl groups is 1. The summed E-state index contributed by atoms with van der Waals surface area (Å²) in [6.07, 6.45) is -1.70. The van der Waals surface area contributed by atoms with Crippen molar-refractivity contribution >= 4 is 34.8 Å². The molecule has 0 bridgehead atoms. The highest BCUT2D eigenvalue weighted by Gasteiger charge is 2.65. The van der Waals surface area contributed by atoms with Crippen molar-refractivity contribution < 1.29 is 39.9 Å². The van der Waals surface area contributed by atoms with E-state index in [1.807, 2.05) is 0 Å². The number of rotatable bonds is 2. The summed E-state index contributed by atoms with van der Waals surface area (Å²) in [6.45, 7) is 0. The quantitative estimate of drug-likeness (QED) is 0.331. The highest BCUT2D eigenvalue weighted by Crippen LogP contribution is 2.56. The number of nitrogens with zero attached hydrogens (tertiary/aromatic N) is 1. The molecule has 0 heterocycles. The van der Waals surface area contributed by atoms with E-state index < -0.39 is 75.5 Å². The summed E-state index contributed by atoms with van der Waals surface area (Å²) in [6, 6.07) is 1.25. The number of aliphatic hydroxyl groups is 4. The Morgan fingerprint density at radius 1 is 1.22 bits per heavy atom. The average molecular weight is 465 g/mol. The van der Waals surface area contributed by atoms with E-state index in [0.29, 0.717) is 0 Å². The van der Waals surface area contributed by atoms with Gasteiger partial charge in [0, 0.05) is 28.0 Å². The Hall–Kier alpha value is -2.92. The number of carbonyl (C=O) groups excluding carboxylic acids is 3. The fourth-order valence-corrected chi connectivity index (χ4v) is 5.51. The van der Waals surface area contributed by atoms with Crippen LogP contribution in [0.2, 0.25) is 5.02 Å². The van der Waals surface area contributed by atoms with Crippen molar-refractivity contribution in [2.75, 3.05) is 14.1 Å². The maximum atomic E-state index is 13.6. The second-order valence-corrected chi connectivity index (χ2v) is 8.87. The molecule has 11 heteroatoms. The van der Waals surface area contributed by atoms with Gasteiger partial charge in [-0.1, -0.05) is 11.6 Å². The predicted octanol–water partition coefficient (Wildman–Crippen LogP) is 0.108. The van der Waals surface area contributed by atoms with Gasteiger partial charge in [0.2, 0.25) is 5.78 Å². The molecule has 0 radical (unpaired) electrons. The van der Waals surface area contributed by atoms with Crippen LogP contribution in [0.15, 0.2) is 29.0 Å². The van der Waals surface area contributed by atoms with E-state index in [-0.39, 0.29) is 22.6 Å². The minimum absolute atomic E-state index is 0.00251. The predicted molar refractivity (Wildman–Crippen MR) is 111 cm³/mol. The summed E-state index contributed by atoms with van der Waals surface area (Å²) in [5.74, 6) is -8.19. The van der Waals surface area contributed by atoms with E-state index >= 15 is 0 Å². The Morgan fingerprint density at radius 3 is 2.41 bits per heavy atom. The highest BCUT2D eigenvalue weighted by molar-refractivity contribution is 6.32. The smallest absolute Gasteiger partial charge is 0.255 e. The number of ketones is 2. The van der Waals surface area contributed by atoms with Gasteiger partial charge in [0.25, 0.3) is 5.91 Å². The summed E-state index contributed by atoms with van der Waals surface area (Å²) >= 11 is 6.19. The largest absolute Gasteiger partial charge is 0.508 e. The van der Waals surface area contributed by atoms with Gasteiger partial charge in [0.15, 0.2) is 11.4 Å². The minimum Gasteiger partial charge on any atom is -0.508 e. The third-order valence-corrected chi connectivity index (χ3v) is 6.97. The molecule has 7 N–H and O–H groups in total. The molecule has 10 nitrogen and oxygen atoms in total. The van der Waals surface area contributed by atoms with E-state index in [0.717, 1.165) is 0 Å². The lowest BCUT2D eigenvalue weighted by molar-refractivity contribution is -0.155. The number of phenols is 1. The molecule has 0 spiro atoms. The Bertz CT molecular complexity index is 1160. The van der Waals surface area contributed by atoms with Gasteiger partial charge in [-0.3, -0.25) is 19.3 Å². The fourth-order valence-electron chi connectivity index (χ4n) is 5.24. The molecule has 1 saturated carbocycles. The second kappa shape index (κ2) is 7.04. The van der Waals surface area contributed by atoms with Gasteiger partial charge in [-0.05, 0) is 32.6 Å². The molecule has 32 heavy (non-hydrogen) atoms. The molecule has 0 aliphatic heterocycles. The summed E-state index contributed by atoms with van der Waals surface area (Å²) in [4.78, 5) is 39.8. The van der Waals surface area contributed by atoms with Crippen molar-refractivity contribution in [3.05, 3.63) is 45.2 Å². The number of likely N-dealkylation sites (N-methyl/N-ethyl adjacent to an activating group) is 1. The Balaban J connectivity index is 2.03. The zero-order valence-electron chi connectivity index (χ0n) is 17.0. The number of hydrogen-bond donors (Lipinski definition) is 6. The van der Waals surface area contributed by atoms with Crippen LogP contribution in [-0.2, 0) is 14.4 Å². The minimum atomic E-state index is -2.77. The normalized spacial score (nSPS) is 32.1. The van der Waals surface area contributed by atoms with Crippen LogP contribution < -0.4 is 5.73 Å². The molecule has 4 rings (SSSR count). The number of nitrogens with two attached hydrogens (primary N) is 1. The number of carbonyl (C=O) groups is 3. The third kappa shape index (κ3) is 2.61. The van der Waals surface area contributed by atoms with Crippen molar-refractivity contribution in [3.8, 4) is 5.75 Å². The van der Waals surface area contributed by atoms with Gasteiger partial charge >= 0.3 is 0 Å². The molecule has 1 fully saturated rings. The number of aliphatic hydroxyl groups excluding tert-OH is 3. The maximum Gasteiger partial charge on any atom is 0.255 e. The lowest BCUT2D eigenvalue weighted by Crippen LogP contribution is -2.66. The molecule has 1 aromatic rings. The first-order valence-electron chi connectivity index (χ1n) is 9.69. The second-order valence-electron chi connectivity index (χ2n) is 8.47. The van der Waals surface area contributed by atoms with Crippen molar-refractivity contribution in [3.63, 3.8) is 0 Å². The number of amides is 1. The van der Waals surface area contributed by atoms with Gasteiger partial charge < -0.3 is 31.3 Å². The molecule has 3 aliphatic rings. The van der Waals surface area contributed by atoms with Gasteiger partial charge in [0.1, 0.15) is 22.8 Å². The molecular formula is C21H21ClN2O8. The number of Topliss-reactive ketones (excluding diaryl/α,β-unsaturated/α-hetero) is 2. The number of benzene rings is 1. The molecular weight excluding hydrogens is 444 g/mol. The van der Waals surface area contributed by atoms with Gasteiger partial charge in [-0.25, -0.2) is 0 Å². The van der Waals surface area contributed by atoms with Crippen LogP contribution in [0, 0.1) is 11.8 Å². The SMILES string of the molecule is CN(C)C1C(=O)C(C(N)=O)=C(O)[C@@]2(O)C(=O)C3=C(O)c4c(O)ccc(Cl)c4[C@@H](O)[C@H]3C[C@@H]12. The molecule has 0 saturated heterocycles. The van der Waals surface area contributed by atoms with E-state index in [1.165, 1.54) is 31.1 Å². The standard InChI is InChI=1S/C21H21ClN2O8/c1-24(2)14-7-5-6-10(16(27)12-9(25)4-3-8(22)11(12)15(6)26)18(29)21(7,32)19(30)13(17(14)28)20(23)31/h3-4,6-7,14-15,25-27,30,32H,5H2,1-2H3,(H2,23,31)/t6-,7-,14?,15-,21-/m0/s1. The lowest BCUT2D eigenvalue weighted by Gasteiger charge is -2.51. The van der Waals surface area contributed by atoms with Crippen LogP contribution in [0.4, 0.5) is 0 Å². The number of phenolic OH excluding ortho intramolecular Hbond substituents is 1. The first-order chi connectivity index (χ1) is 14.8. The van der Waals surface area contributed by atoms with Crippen LogP contribution in [0.5, 0.6) is 5.75 Å². The number of hydrogen-bond acceptors (Lipinski definition) is 9. The molecule has 3 aliphatic carbocycles. The van der Waals surface area contributed by atoms with Crippen molar-refractivity contribution in [1.29, 1.82) is 0 Å². The average Bonchev–Trinajstić information content (AvgIpc) is 2.69.